The summed E-state index contributed by atoms with van der Waals surface area (Å²) in [7, 11) is 0. The Morgan fingerprint density at radius 1 is 1.44 bits per heavy atom. The predicted octanol–water partition coefficient (Wildman–Crippen LogP) is 3.45. The average Bonchev–Trinajstić information content (AvgIpc) is 2.67. The van der Waals surface area contributed by atoms with E-state index in [0.29, 0.717) is 12.1 Å². The van der Waals surface area contributed by atoms with Gasteiger partial charge in [-0.05, 0) is 53.5 Å². The first-order valence-electron chi connectivity index (χ1n) is 5.52. The molecule has 18 heavy (non-hydrogen) atoms. The second kappa shape index (κ2) is 5.63. The molecule has 0 atom stereocenters. The molecular weight excluding hydrogens is 312 g/mol. The molecule has 2 aromatic heterocycles. The Hall–Kier alpha value is -1.20. The number of amides is 1. The Balaban J connectivity index is 1.98. The third kappa shape index (κ3) is 3.17. The van der Waals surface area contributed by atoms with E-state index in [1.165, 1.54) is 15.3 Å². The molecular formula is C13H13BrN2OS. The van der Waals surface area contributed by atoms with E-state index in [1.807, 2.05) is 0 Å². The summed E-state index contributed by atoms with van der Waals surface area (Å²) in [4.78, 5) is 18.4. The van der Waals surface area contributed by atoms with E-state index in [2.05, 4.69) is 46.1 Å². The van der Waals surface area contributed by atoms with Gasteiger partial charge in [-0.15, -0.1) is 11.3 Å². The second-order valence-electron chi connectivity index (χ2n) is 4.00. The summed E-state index contributed by atoms with van der Waals surface area (Å²) in [6.07, 6.45) is 1.56. The molecule has 0 fully saturated rings. The Morgan fingerprint density at radius 3 is 2.78 bits per heavy atom. The van der Waals surface area contributed by atoms with Crippen molar-refractivity contribution in [3.63, 3.8) is 0 Å². The van der Waals surface area contributed by atoms with Crippen LogP contribution < -0.4 is 5.32 Å². The summed E-state index contributed by atoms with van der Waals surface area (Å²) in [6.45, 7) is 4.73. The molecule has 1 N–H and O–H groups in total. The lowest BCUT2D eigenvalue weighted by molar-refractivity contribution is 0.0951. The van der Waals surface area contributed by atoms with E-state index in [-0.39, 0.29) is 5.91 Å². The van der Waals surface area contributed by atoms with E-state index in [9.17, 15) is 4.79 Å². The Morgan fingerprint density at radius 2 is 2.22 bits per heavy atom. The Kier molecular flexibility index (Phi) is 4.14. The van der Waals surface area contributed by atoms with Crippen molar-refractivity contribution in [2.24, 2.45) is 0 Å². The number of carbonyl (C=O) groups excluding carboxylic acids is 1. The summed E-state index contributed by atoms with van der Waals surface area (Å²) in [5.41, 5.74) is 1.85. The first-order valence-corrected chi connectivity index (χ1v) is 7.13. The van der Waals surface area contributed by atoms with E-state index in [4.69, 9.17) is 0 Å². The van der Waals surface area contributed by atoms with E-state index < -0.39 is 0 Å². The summed E-state index contributed by atoms with van der Waals surface area (Å²) in [5, 5.41) is 2.89. The molecule has 5 heteroatoms. The lowest BCUT2D eigenvalue weighted by Crippen LogP contribution is -2.22. The fraction of sp³-hybridized carbons (Fsp3) is 0.231. The van der Waals surface area contributed by atoms with Crippen LogP contribution >= 0.6 is 27.3 Å². The van der Waals surface area contributed by atoms with Crippen LogP contribution in [0, 0.1) is 13.8 Å². The van der Waals surface area contributed by atoms with Gasteiger partial charge in [0, 0.05) is 16.0 Å². The molecule has 3 nitrogen and oxygen atoms in total. The van der Waals surface area contributed by atoms with Crippen LogP contribution in [0.1, 0.15) is 25.7 Å². The molecule has 0 spiro atoms. The monoisotopic (exact) mass is 324 g/mol. The highest BCUT2D eigenvalue weighted by atomic mass is 79.9. The van der Waals surface area contributed by atoms with Gasteiger partial charge in [0.25, 0.3) is 5.91 Å². The number of nitrogens with zero attached hydrogens (tertiary/aromatic N) is 1. The van der Waals surface area contributed by atoms with Crippen molar-refractivity contribution in [2.75, 3.05) is 0 Å². The molecule has 0 radical (unpaired) electrons. The molecule has 2 aromatic rings. The zero-order valence-electron chi connectivity index (χ0n) is 10.2. The minimum absolute atomic E-state index is 0.0984. The number of halogens is 1. The number of thiophene rings is 1. The third-order valence-electron chi connectivity index (χ3n) is 2.63. The number of hydrogen-bond donors (Lipinski definition) is 1. The molecule has 1 amide bonds. The van der Waals surface area contributed by atoms with Gasteiger partial charge in [0.15, 0.2) is 0 Å². The summed E-state index contributed by atoms with van der Waals surface area (Å²) < 4.78 is 0.726. The lowest BCUT2D eigenvalue weighted by atomic mass is 10.2. The van der Waals surface area contributed by atoms with Crippen molar-refractivity contribution in [3.05, 3.63) is 49.9 Å². The summed E-state index contributed by atoms with van der Waals surface area (Å²) >= 11 is 4.96. The Labute approximate surface area is 118 Å². The van der Waals surface area contributed by atoms with Crippen molar-refractivity contribution >= 4 is 33.2 Å². The third-order valence-corrected chi connectivity index (χ3v) is 4.25. The molecule has 0 aliphatic rings. The van der Waals surface area contributed by atoms with Gasteiger partial charge in [-0.3, -0.25) is 4.79 Å². The fourth-order valence-corrected chi connectivity index (χ4v) is 2.74. The number of rotatable bonds is 3. The number of nitrogens with one attached hydrogen (secondary N) is 1. The van der Waals surface area contributed by atoms with Gasteiger partial charge in [-0.2, -0.15) is 0 Å². The zero-order valence-corrected chi connectivity index (χ0v) is 12.6. The van der Waals surface area contributed by atoms with Crippen molar-refractivity contribution in [3.8, 4) is 0 Å². The quantitative estimate of drug-likeness (QED) is 0.878. The normalized spacial score (nSPS) is 10.4. The fourth-order valence-electron chi connectivity index (χ4n) is 1.52. The van der Waals surface area contributed by atoms with Crippen LogP contribution in [0.15, 0.2) is 29.0 Å². The van der Waals surface area contributed by atoms with Crippen molar-refractivity contribution in [1.82, 2.24) is 10.3 Å². The minimum Gasteiger partial charge on any atom is -0.347 e. The van der Waals surface area contributed by atoms with Crippen LogP contribution in [0.2, 0.25) is 0 Å². The van der Waals surface area contributed by atoms with Gasteiger partial charge >= 0.3 is 0 Å². The standard InChI is InChI=1S/C13H13BrN2OS/c1-8-5-11(18-9(8)2)7-16-13(17)10-3-4-12(14)15-6-10/h3-6H,7H2,1-2H3,(H,16,17). The van der Waals surface area contributed by atoms with Gasteiger partial charge < -0.3 is 5.32 Å². The smallest absolute Gasteiger partial charge is 0.253 e. The molecule has 0 aliphatic heterocycles. The van der Waals surface area contributed by atoms with E-state index >= 15 is 0 Å². The van der Waals surface area contributed by atoms with Crippen molar-refractivity contribution < 1.29 is 4.79 Å². The maximum Gasteiger partial charge on any atom is 0.253 e. The molecule has 0 saturated heterocycles. The molecule has 0 aromatic carbocycles. The van der Waals surface area contributed by atoms with Crippen LogP contribution in [-0.2, 0) is 6.54 Å². The average molecular weight is 325 g/mol. The number of aromatic nitrogens is 1. The van der Waals surface area contributed by atoms with Gasteiger partial charge in [0.1, 0.15) is 4.60 Å². The topological polar surface area (TPSA) is 42.0 Å². The molecule has 0 saturated carbocycles. The van der Waals surface area contributed by atoms with Crippen molar-refractivity contribution in [2.45, 2.75) is 20.4 Å². The van der Waals surface area contributed by atoms with Gasteiger partial charge in [-0.25, -0.2) is 4.98 Å². The van der Waals surface area contributed by atoms with Crippen molar-refractivity contribution in [1.29, 1.82) is 0 Å². The second-order valence-corrected chi connectivity index (χ2v) is 6.16. The number of carbonyl (C=O) groups is 1. The van der Waals surface area contributed by atoms with Crippen LogP contribution in [0.4, 0.5) is 0 Å². The number of hydrogen-bond acceptors (Lipinski definition) is 3. The SMILES string of the molecule is Cc1cc(CNC(=O)c2ccc(Br)nc2)sc1C. The first-order chi connectivity index (χ1) is 8.56. The van der Waals surface area contributed by atoms with Gasteiger partial charge in [-0.1, -0.05) is 0 Å². The van der Waals surface area contributed by atoms with E-state index in [1.54, 1.807) is 29.7 Å². The zero-order chi connectivity index (χ0) is 13.1. The number of aryl methyl sites for hydroxylation is 2. The molecule has 0 unspecified atom stereocenters. The first kappa shape index (κ1) is 13.2. The predicted molar refractivity (Wildman–Crippen MR) is 76.9 cm³/mol. The lowest BCUT2D eigenvalue weighted by Gasteiger charge is -2.03. The molecule has 2 rings (SSSR count). The number of pyridine rings is 1. The largest absolute Gasteiger partial charge is 0.347 e. The Bertz CT molecular complexity index is 543. The minimum atomic E-state index is -0.0984. The molecule has 0 bridgehead atoms. The maximum absolute atomic E-state index is 11.9. The van der Waals surface area contributed by atoms with Crippen LogP contribution in [-0.4, -0.2) is 10.9 Å². The van der Waals surface area contributed by atoms with Gasteiger partial charge in [0.05, 0.1) is 12.1 Å². The molecule has 0 aliphatic carbocycles. The highest BCUT2D eigenvalue weighted by molar-refractivity contribution is 9.10. The molecule has 94 valence electrons. The maximum atomic E-state index is 11.9. The van der Waals surface area contributed by atoms with E-state index in [0.717, 1.165) is 4.60 Å². The van der Waals surface area contributed by atoms with Crippen LogP contribution in [0.3, 0.4) is 0 Å². The molecule has 2 heterocycles. The van der Waals surface area contributed by atoms with Crippen LogP contribution in [0.25, 0.3) is 0 Å². The van der Waals surface area contributed by atoms with Gasteiger partial charge in [0.2, 0.25) is 0 Å². The summed E-state index contributed by atoms with van der Waals surface area (Å²) in [5.74, 6) is -0.0984. The highest BCUT2D eigenvalue weighted by Gasteiger charge is 2.07. The summed E-state index contributed by atoms with van der Waals surface area (Å²) in [6, 6.07) is 5.62. The van der Waals surface area contributed by atoms with Crippen LogP contribution in [0.5, 0.6) is 0 Å². The highest BCUT2D eigenvalue weighted by Crippen LogP contribution is 2.20.